The van der Waals surface area contributed by atoms with Crippen LogP contribution in [0.1, 0.15) is 5.76 Å². The van der Waals surface area contributed by atoms with Crippen LogP contribution in [0.3, 0.4) is 0 Å². The molecule has 0 aliphatic carbocycles. The van der Waals surface area contributed by atoms with Gasteiger partial charge in [-0.25, -0.2) is 5.43 Å². The molecule has 0 aliphatic heterocycles. The molecule has 0 spiro atoms. The first-order valence-corrected chi connectivity index (χ1v) is 7.96. The number of nitrogens with zero attached hydrogens (tertiary/aromatic N) is 2. The lowest BCUT2D eigenvalue weighted by molar-refractivity contribution is -0.402. The van der Waals surface area contributed by atoms with Crippen LogP contribution in [0, 0.1) is 10.1 Å². The summed E-state index contributed by atoms with van der Waals surface area (Å²) in [5.74, 6) is 0.137. The predicted octanol–water partition coefficient (Wildman–Crippen LogP) is 3.54. The molecule has 8 nitrogen and oxygen atoms in total. The zero-order valence-electron chi connectivity index (χ0n) is 14.1. The summed E-state index contributed by atoms with van der Waals surface area (Å²) >= 11 is 0. The lowest BCUT2D eigenvalue weighted by Crippen LogP contribution is -2.24. The summed E-state index contributed by atoms with van der Waals surface area (Å²) in [6.45, 7) is -0.177. The minimum atomic E-state index is -0.624. The smallest absolute Gasteiger partial charge is 0.433 e. The molecule has 0 saturated carbocycles. The van der Waals surface area contributed by atoms with Crippen molar-refractivity contribution in [3.05, 3.63) is 76.5 Å². The molecule has 1 N–H and O–H groups in total. The topological polar surface area (TPSA) is 107 Å². The zero-order chi connectivity index (χ0) is 19.1. The number of amides is 1. The van der Waals surface area contributed by atoms with Crippen LogP contribution in [0.15, 0.2) is 70.2 Å². The average molecular weight is 365 g/mol. The minimum Gasteiger partial charge on any atom is -0.484 e. The Hall–Kier alpha value is -3.94. The Bertz CT molecular complexity index is 1020. The molecule has 0 unspecified atom stereocenters. The standard InChI is InChI=1S/C19H15N3O5/c23-18(13-26-17-8-7-14-4-1-2-5-15(14)12-17)21-20-11-3-6-16-9-10-19(27-16)22(24)25/h1-12H,13H2,(H,21,23). The normalized spacial score (nSPS) is 11.3. The van der Waals surface area contributed by atoms with Crippen LogP contribution < -0.4 is 10.2 Å². The van der Waals surface area contributed by atoms with Crippen molar-refractivity contribution >= 4 is 34.9 Å². The van der Waals surface area contributed by atoms with Gasteiger partial charge < -0.3 is 9.15 Å². The highest BCUT2D eigenvalue weighted by molar-refractivity contribution is 5.84. The van der Waals surface area contributed by atoms with Crippen LogP contribution >= 0.6 is 0 Å². The summed E-state index contributed by atoms with van der Waals surface area (Å²) in [6, 6.07) is 16.1. The zero-order valence-corrected chi connectivity index (χ0v) is 14.1. The molecule has 8 heteroatoms. The van der Waals surface area contributed by atoms with Gasteiger partial charge in [0.05, 0.1) is 6.07 Å². The van der Waals surface area contributed by atoms with Crippen molar-refractivity contribution in [2.24, 2.45) is 5.10 Å². The Morgan fingerprint density at radius 1 is 1.19 bits per heavy atom. The number of hydrazone groups is 1. The molecule has 2 aromatic carbocycles. The van der Waals surface area contributed by atoms with Gasteiger partial charge in [0.15, 0.2) is 6.61 Å². The Morgan fingerprint density at radius 3 is 2.78 bits per heavy atom. The quantitative estimate of drug-likeness (QED) is 0.391. The van der Waals surface area contributed by atoms with Crippen molar-refractivity contribution < 1.29 is 18.9 Å². The third-order valence-corrected chi connectivity index (χ3v) is 3.49. The van der Waals surface area contributed by atoms with Gasteiger partial charge in [-0.3, -0.25) is 14.9 Å². The maximum Gasteiger partial charge on any atom is 0.433 e. The van der Waals surface area contributed by atoms with Gasteiger partial charge in [-0.05, 0) is 41.1 Å². The van der Waals surface area contributed by atoms with Crippen molar-refractivity contribution in [2.45, 2.75) is 0 Å². The predicted molar refractivity (Wildman–Crippen MR) is 100 cm³/mol. The highest BCUT2D eigenvalue weighted by Crippen LogP contribution is 2.20. The number of benzene rings is 2. The molecule has 27 heavy (non-hydrogen) atoms. The summed E-state index contributed by atoms with van der Waals surface area (Å²) in [5, 5.41) is 16.3. The average Bonchev–Trinajstić information content (AvgIpc) is 3.15. The number of ether oxygens (including phenoxy) is 1. The summed E-state index contributed by atoms with van der Waals surface area (Å²) in [5.41, 5.74) is 2.32. The van der Waals surface area contributed by atoms with Crippen LogP contribution in [-0.2, 0) is 4.79 Å². The molecule has 0 radical (unpaired) electrons. The van der Waals surface area contributed by atoms with Crippen molar-refractivity contribution in [3.63, 3.8) is 0 Å². The first-order valence-electron chi connectivity index (χ1n) is 7.96. The van der Waals surface area contributed by atoms with Crippen LogP contribution in [0.2, 0.25) is 0 Å². The van der Waals surface area contributed by atoms with Gasteiger partial charge in [-0.15, -0.1) is 0 Å². The number of carbonyl (C=O) groups is 1. The van der Waals surface area contributed by atoms with E-state index in [4.69, 9.17) is 9.15 Å². The lowest BCUT2D eigenvalue weighted by atomic mass is 10.1. The number of fused-ring (bicyclic) bond motifs is 1. The molecule has 136 valence electrons. The Morgan fingerprint density at radius 2 is 2.00 bits per heavy atom. The Balaban J connectivity index is 1.45. The molecule has 0 saturated heterocycles. The van der Waals surface area contributed by atoms with Gasteiger partial charge in [-0.2, -0.15) is 5.10 Å². The van der Waals surface area contributed by atoms with Crippen molar-refractivity contribution in [2.75, 3.05) is 6.61 Å². The second-order valence-corrected chi connectivity index (χ2v) is 5.40. The minimum absolute atomic E-state index is 0.177. The van der Waals surface area contributed by atoms with Gasteiger partial charge in [-0.1, -0.05) is 30.3 Å². The maximum absolute atomic E-state index is 11.7. The van der Waals surface area contributed by atoms with Crippen LogP contribution in [0.4, 0.5) is 5.88 Å². The van der Waals surface area contributed by atoms with Crippen LogP contribution in [0.5, 0.6) is 5.75 Å². The number of hydrogen-bond donors (Lipinski definition) is 1. The molecular formula is C19H15N3O5. The maximum atomic E-state index is 11.7. The first kappa shape index (κ1) is 17.9. The SMILES string of the molecule is O=C(COc1ccc2ccccc2c1)NN=CC=Cc1ccc([N+](=O)[O-])o1. The fourth-order valence-corrected chi connectivity index (χ4v) is 2.26. The van der Waals surface area contributed by atoms with E-state index in [1.807, 2.05) is 36.4 Å². The lowest BCUT2D eigenvalue weighted by Gasteiger charge is -2.06. The Labute approximate surface area is 153 Å². The number of furan rings is 1. The van der Waals surface area contributed by atoms with E-state index in [0.717, 1.165) is 10.8 Å². The number of nitrogens with one attached hydrogen (secondary N) is 1. The summed E-state index contributed by atoms with van der Waals surface area (Å²) < 4.78 is 10.4. The Kier molecular flexibility index (Phi) is 5.58. The number of rotatable bonds is 7. The molecule has 0 bridgehead atoms. The van der Waals surface area contributed by atoms with Crippen LogP contribution in [-0.4, -0.2) is 23.7 Å². The second-order valence-electron chi connectivity index (χ2n) is 5.40. The molecule has 3 aromatic rings. The van der Waals surface area contributed by atoms with Gasteiger partial charge in [0.25, 0.3) is 5.91 Å². The van der Waals surface area contributed by atoms with E-state index < -0.39 is 10.8 Å². The highest BCUT2D eigenvalue weighted by Gasteiger charge is 2.09. The summed E-state index contributed by atoms with van der Waals surface area (Å²) in [4.78, 5) is 21.6. The van der Waals surface area contributed by atoms with Crippen molar-refractivity contribution in [3.8, 4) is 5.75 Å². The van der Waals surface area contributed by atoms with E-state index in [2.05, 4.69) is 10.5 Å². The van der Waals surface area contributed by atoms with E-state index >= 15 is 0 Å². The molecule has 0 aliphatic rings. The number of hydrogen-bond acceptors (Lipinski definition) is 6. The van der Waals surface area contributed by atoms with Gasteiger partial charge in [0.2, 0.25) is 0 Å². The van der Waals surface area contributed by atoms with E-state index in [1.54, 1.807) is 6.07 Å². The summed E-state index contributed by atoms with van der Waals surface area (Å²) in [6.07, 6.45) is 4.28. The highest BCUT2D eigenvalue weighted by atomic mass is 16.6. The van der Waals surface area contributed by atoms with Gasteiger partial charge in [0.1, 0.15) is 16.4 Å². The fourth-order valence-electron chi connectivity index (χ4n) is 2.26. The molecule has 3 rings (SSSR count). The number of allylic oxidation sites excluding steroid dienone is 1. The molecule has 1 aromatic heterocycles. The van der Waals surface area contributed by atoms with E-state index in [9.17, 15) is 14.9 Å². The van der Waals surface area contributed by atoms with Crippen molar-refractivity contribution in [1.82, 2.24) is 5.43 Å². The summed E-state index contributed by atoms with van der Waals surface area (Å²) in [7, 11) is 0. The van der Waals surface area contributed by atoms with Crippen LogP contribution in [0.25, 0.3) is 16.8 Å². The molecule has 0 atom stereocenters. The van der Waals surface area contributed by atoms with E-state index in [0.29, 0.717) is 11.5 Å². The van der Waals surface area contributed by atoms with Gasteiger partial charge >= 0.3 is 5.88 Å². The molecular weight excluding hydrogens is 350 g/mol. The molecule has 1 heterocycles. The fraction of sp³-hybridized carbons (Fsp3) is 0.0526. The first-order chi connectivity index (χ1) is 13.1. The monoisotopic (exact) mass is 365 g/mol. The number of nitro groups is 1. The van der Waals surface area contributed by atoms with E-state index in [-0.39, 0.29) is 12.5 Å². The second kappa shape index (κ2) is 8.43. The number of carbonyl (C=O) groups excluding carboxylic acids is 1. The van der Waals surface area contributed by atoms with Gasteiger partial charge in [0, 0.05) is 6.21 Å². The molecule has 0 fully saturated rings. The van der Waals surface area contributed by atoms with Crippen molar-refractivity contribution in [1.29, 1.82) is 0 Å². The third-order valence-electron chi connectivity index (χ3n) is 3.49. The molecule has 1 amide bonds. The largest absolute Gasteiger partial charge is 0.484 e. The van der Waals surface area contributed by atoms with E-state index in [1.165, 1.54) is 30.5 Å². The third kappa shape index (κ3) is 5.02.